The van der Waals surface area contributed by atoms with Gasteiger partial charge >= 0.3 is 0 Å². The molecular formula is C58H44N2. The predicted octanol–water partition coefficient (Wildman–Crippen LogP) is 15.9. The second-order valence-electron chi connectivity index (χ2n) is 16.7. The molecule has 0 unspecified atom stereocenters. The quantitative estimate of drug-likeness (QED) is 0.157. The van der Waals surface area contributed by atoms with Crippen molar-refractivity contribution in [3.8, 4) is 50.2 Å². The van der Waals surface area contributed by atoms with Crippen molar-refractivity contribution in [3.05, 3.63) is 229 Å². The topological polar surface area (TPSA) is 8.17 Å². The van der Waals surface area contributed by atoms with Crippen LogP contribution in [0.15, 0.2) is 212 Å². The Morgan fingerprint density at radius 2 is 0.817 bits per heavy atom. The summed E-state index contributed by atoms with van der Waals surface area (Å²) in [4.78, 5) is 2.37. The minimum atomic E-state index is -0.0391. The highest BCUT2D eigenvalue weighted by atomic mass is 15.1. The van der Waals surface area contributed by atoms with Crippen LogP contribution in [0.3, 0.4) is 0 Å². The third-order valence-electron chi connectivity index (χ3n) is 12.7. The third kappa shape index (κ3) is 5.95. The smallest absolute Gasteiger partial charge is 0.0541 e. The van der Waals surface area contributed by atoms with Crippen LogP contribution < -0.4 is 4.90 Å². The molecule has 2 nitrogen and oxygen atoms in total. The van der Waals surface area contributed by atoms with Crippen LogP contribution in [0, 0.1) is 6.92 Å². The van der Waals surface area contributed by atoms with Gasteiger partial charge in [-0.1, -0.05) is 153 Å². The van der Waals surface area contributed by atoms with E-state index in [0.717, 1.165) is 17.1 Å². The van der Waals surface area contributed by atoms with E-state index < -0.39 is 0 Å². The van der Waals surface area contributed by atoms with Crippen LogP contribution in [0.4, 0.5) is 17.1 Å². The average Bonchev–Trinajstić information content (AvgIpc) is 3.74. The van der Waals surface area contributed by atoms with Gasteiger partial charge in [-0.2, -0.15) is 0 Å². The van der Waals surface area contributed by atoms with Gasteiger partial charge in [0, 0.05) is 38.9 Å². The predicted molar refractivity (Wildman–Crippen MR) is 254 cm³/mol. The van der Waals surface area contributed by atoms with Crippen LogP contribution in [-0.2, 0) is 5.41 Å². The van der Waals surface area contributed by atoms with E-state index in [-0.39, 0.29) is 5.41 Å². The Labute approximate surface area is 352 Å². The molecule has 0 radical (unpaired) electrons. The fraction of sp³-hybridized carbons (Fsp3) is 0.0690. The molecule has 0 saturated carbocycles. The van der Waals surface area contributed by atoms with Gasteiger partial charge in [-0.25, -0.2) is 0 Å². The van der Waals surface area contributed by atoms with Gasteiger partial charge in [0.15, 0.2) is 0 Å². The number of hydrogen-bond acceptors (Lipinski definition) is 1. The fourth-order valence-electron chi connectivity index (χ4n) is 9.54. The number of benzene rings is 9. The maximum atomic E-state index is 2.40. The first-order chi connectivity index (χ1) is 29.4. The van der Waals surface area contributed by atoms with E-state index in [0.29, 0.717) is 0 Å². The number of nitrogens with zero attached hydrogens (tertiary/aromatic N) is 2. The van der Waals surface area contributed by atoms with Crippen LogP contribution in [0.2, 0.25) is 0 Å². The van der Waals surface area contributed by atoms with Gasteiger partial charge in [0.2, 0.25) is 0 Å². The molecule has 0 atom stereocenters. The summed E-state index contributed by atoms with van der Waals surface area (Å²) in [6.07, 6.45) is 0. The van der Waals surface area contributed by atoms with Gasteiger partial charge in [0.25, 0.3) is 0 Å². The van der Waals surface area contributed by atoms with Crippen molar-refractivity contribution < 1.29 is 0 Å². The summed E-state index contributed by atoms with van der Waals surface area (Å²) in [5.41, 5.74) is 20.9. The monoisotopic (exact) mass is 768 g/mol. The third-order valence-corrected chi connectivity index (χ3v) is 12.7. The van der Waals surface area contributed by atoms with Crippen molar-refractivity contribution in [2.75, 3.05) is 4.90 Å². The van der Waals surface area contributed by atoms with Crippen molar-refractivity contribution in [1.29, 1.82) is 0 Å². The van der Waals surface area contributed by atoms with Gasteiger partial charge in [0.1, 0.15) is 0 Å². The summed E-state index contributed by atoms with van der Waals surface area (Å²) in [5, 5.41) is 2.53. The Bertz CT molecular complexity index is 3190. The van der Waals surface area contributed by atoms with Crippen molar-refractivity contribution in [3.63, 3.8) is 0 Å². The van der Waals surface area contributed by atoms with Crippen LogP contribution in [0.5, 0.6) is 0 Å². The molecule has 286 valence electrons. The molecule has 0 amide bonds. The molecule has 10 aromatic rings. The summed E-state index contributed by atoms with van der Waals surface area (Å²) in [7, 11) is 0. The van der Waals surface area contributed by atoms with Crippen LogP contribution >= 0.6 is 0 Å². The highest BCUT2D eigenvalue weighted by molar-refractivity contribution is 6.10. The number of fused-ring (bicyclic) bond motifs is 6. The molecule has 9 aromatic carbocycles. The molecule has 1 aliphatic rings. The summed E-state index contributed by atoms with van der Waals surface area (Å²) < 4.78 is 2.38. The van der Waals surface area contributed by atoms with E-state index >= 15 is 0 Å². The Morgan fingerprint density at radius 1 is 0.367 bits per heavy atom. The average molecular weight is 769 g/mol. The molecule has 1 aliphatic carbocycles. The SMILES string of the molecule is Cc1ccc2c(c1)c1cc(-c3ccc(N(c4ccc(-c5ccccc5)cc4)c4ccc(-c5ccc6c(c5)C(C)(C)c5ccccc5-6)cc4)cc3)ccc1n2-c1ccccc1. The Hall–Kier alpha value is -7.42. The number of anilines is 3. The molecule has 1 aromatic heterocycles. The zero-order valence-corrected chi connectivity index (χ0v) is 34.1. The van der Waals surface area contributed by atoms with Crippen molar-refractivity contribution in [2.24, 2.45) is 0 Å². The molecule has 2 heteroatoms. The molecule has 0 saturated heterocycles. The standard InChI is InChI=1S/C58H44N2/c1-39-18-34-56-52(36-39)53-37-44(26-35-57(53)60(56)46-14-8-5-9-15-46)42-21-29-48(30-22-42)59(47-27-19-41(20-28-47)40-12-6-4-7-13-40)49-31-23-43(24-32-49)45-25-33-51-50-16-10-11-17-54(50)58(2,3)55(51)38-45/h4-38H,1-3H3. The van der Waals surface area contributed by atoms with Crippen LogP contribution in [0.1, 0.15) is 30.5 Å². The lowest BCUT2D eigenvalue weighted by Gasteiger charge is -2.26. The Morgan fingerprint density at radius 3 is 1.45 bits per heavy atom. The number of hydrogen-bond donors (Lipinski definition) is 0. The molecule has 11 rings (SSSR count). The first-order valence-electron chi connectivity index (χ1n) is 20.9. The fourth-order valence-corrected chi connectivity index (χ4v) is 9.54. The lowest BCUT2D eigenvalue weighted by molar-refractivity contribution is 0.660. The van der Waals surface area contributed by atoms with E-state index in [1.54, 1.807) is 0 Å². The first kappa shape index (κ1) is 35.7. The van der Waals surface area contributed by atoms with E-state index in [1.165, 1.54) is 88.7 Å². The zero-order valence-electron chi connectivity index (χ0n) is 34.1. The van der Waals surface area contributed by atoms with Crippen molar-refractivity contribution in [1.82, 2.24) is 4.57 Å². The highest BCUT2D eigenvalue weighted by Gasteiger charge is 2.35. The molecule has 0 bridgehead atoms. The normalized spacial score (nSPS) is 12.7. The molecule has 0 aliphatic heterocycles. The summed E-state index contributed by atoms with van der Waals surface area (Å²) in [6, 6.07) is 77.9. The number of rotatable bonds is 7. The molecular weight excluding hydrogens is 725 g/mol. The largest absolute Gasteiger partial charge is 0.311 e. The Balaban J connectivity index is 0.965. The van der Waals surface area contributed by atoms with Crippen molar-refractivity contribution >= 4 is 38.9 Å². The maximum Gasteiger partial charge on any atom is 0.0541 e. The van der Waals surface area contributed by atoms with Gasteiger partial charge < -0.3 is 9.47 Å². The molecule has 60 heavy (non-hydrogen) atoms. The number of para-hydroxylation sites is 1. The van der Waals surface area contributed by atoms with Crippen LogP contribution in [-0.4, -0.2) is 4.57 Å². The number of aromatic nitrogens is 1. The molecule has 0 fully saturated rings. The maximum absolute atomic E-state index is 2.40. The minimum Gasteiger partial charge on any atom is -0.311 e. The second kappa shape index (κ2) is 14.1. The lowest BCUT2D eigenvalue weighted by Crippen LogP contribution is -2.14. The van der Waals surface area contributed by atoms with Gasteiger partial charge in [-0.15, -0.1) is 0 Å². The van der Waals surface area contributed by atoms with Crippen LogP contribution in [0.25, 0.3) is 72.0 Å². The second-order valence-corrected chi connectivity index (χ2v) is 16.7. The molecule has 1 heterocycles. The zero-order chi connectivity index (χ0) is 40.4. The van der Waals surface area contributed by atoms with E-state index in [4.69, 9.17) is 0 Å². The van der Waals surface area contributed by atoms with E-state index in [2.05, 4.69) is 243 Å². The number of aryl methyl sites for hydroxylation is 1. The molecule has 0 spiro atoms. The molecule has 0 N–H and O–H groups in total. The van der Waals surface area contributed by atoms with Crippen molar-refractivity contribution in [2.45, 2.75) is 26.2 Å². The summed E-state index contributed by atoms with van der Waals surface area (Å²) in [6.45, 7) is 6.87. The van der Waals surface area contributed by atoms with E-state index in [9.17, 15) is 0 Å². The summed E-state index contributed by atoms with van der Waals surface area (Å²) >= 11 is 0. The first-order valence-corrected chi connectivity index (χ1v) is 20.9. The lowest BCUT2D eigenvalue weighted by atomic mass is 9.81. The Kier molecular flexibility index (Phi) is 8.42. The van der Waals surface area contributed by atoms with E-state index in [1.807, 2.05) is 0 Å². The van der Waals surface area contributed by atoms with Gasteiger partial charge in [-0.05, 0) is 141 Å². The highest BCUT2D eigenvalue weighted by Crippen LogP contribution is 2.50. The summed E-state index contributed by atoms with van der Waals surface area (Å²) in [5.74, 6) is 0. The minimum absolute atomic E-state index is 0.0391. The van der Waals surface area contributed by atoms with Gasteiger partial charge in [-0.3, -0.25) is 0 Å². The van der Waals surface area contributed by atoms with Gasteiger partial charge in [0.05, 0.1) is 11.0 Å².